The molecule has 0 aromatic carbocycles. The summed E-state index contributed by atoms with van der Waals surface area (Å²) in [6.45, 7) is 4.66. The number of aliphatic hydroxyl groups is 1. The summed E-state index contributed by atoms with van der Waals surface area (Å²) in [6.07, 6.45) is 0.481. The van der Waals surface area contributed by atoms with Gasteiger partial charge in [0.05, 0.1) is 6.10 Å². The average molecular weight is 281 g/mol. The minimum Gasteiger partial charge on any atom is -0.393 e. The van der Waals surface area contributed by atoms with Gasteiger partial charge in [-0.3, -0.25) is 4.99 Å². The van der Waals surface area contributed by atoms with Crippen molar-refractivity contribution in [3.8, 4) is 0 Å². The molecule has 1 saturated heterocycles. The molecule has 0 bridgehead atoms. The molecule has 1 fully saturated rings. The fraction of sp³-hybridized carbons (Fsp3) is 0.889. The Morgan fingerprint density at radius 3 is 2.93 bits per heavy atom. The topological polar surface area (TPSA) is 44.6 Å². The van der Waals surface area contributed by atoms with Crippen LogP contribution in [-0.4, -0.2) is 39.5 Å². The lowest BCUT2D eigenvalue weighted by atomic mass is 10.3. The molecule has 0 saturated carbocycles. The van der Waals surface area contributed by atoms with E-state index in [1.54, 1.807) is 18.7 Å². The zero-order valence-electron chi connectivity index (χ0n) is 8.53. The van der Waals surface area contributed by atoms with E-state index >= 15 is 0 Å². The van der Waals surface area contributed by atoms with E-state index < -0.39 is 0 Å². The van der Waals surface area contributed by atoms with Crippen molar-refractivity contribution in [1.82, 2.24) is 5.32 Å². The maximum absolute atomic E-state index is 9.07. The standard InChI is InChI=1S/C9H17BrN2OS/c1-6(13)3-4-11-9-12-7(2)8(5-10)14-9/h6-8,13H,3-5H2,1-2H3,(H,11,12). The van der Waals surface area contributed by atoms with Gasteiger partial charge in [-0.15, -0.1) is 0 Å². The van der Waals surface area contributed by atoms with Gasteiger partial charge < -0.3 is 10.4 Å². The summed E-state index contributed by atoms with van der Waals surface area (Å²) in [5.74, 6) is 0. The molecule has 1 aliphatic heterocycles. The van der Waals surface area contributed by atoms with Crippen LogP contribution in [0.3, 0.4) is 0 Å². The Bertz CT molecular complexity index is 211. The number of thioether (sulfide) groups is 1. The van der Waals surface area contributed by atoms with Crippen molar-refractivity contribution < 1.29 is 5.11 Å². The molecule has 0 aromatic heterocycles. The second kappa shape index (κ2) is 5.98. The Labute approximate surface area is 97.9 Å². The number of aliphatic imine (C=N–C) groups is 1. The fourth-order valence-corrected chi connectivity index (χ4v) is 3.17. The largest absolute Gasteiger partial charge is 0.393 e. The van der Waals surface area contributed by atoms with Gasteiger partial charge in [0.15, 0.2) is 5.17 Å². The first-order valence-corrected chi connectivity index (χ1v) is 6.85. The fourth-order valence-electron chi connectivity index (χ4n) is 1.17. The molecule has 3 nitrogen and oxygen atoms in total. The van der Waals surface area contributed by atoms with Crippen LogP contribution in [0.25, 0.3) is 0 Å². The lowest BCUT2D eigenvalue weighted by Crippen LogP contribution is -2.28. The summed E-state index contributed by atoms with van der Waals surface area (Å²) in [7, 11) is 0. The van der Waals surface area contributed by atoms with Crippen LogP contribution >= 0.6 is 27.7 Å². The van der Waals surface area contributed by atoms with E-state index in [0.29, 0.717) is 17.8 Å². The molecule has 1 heterocycles. The number of nitrogens with one attached hydrogen (secondary N) is 1. The summed E-state index contributed by atoms with van der Waals surface area (Å²) in [6, 6.07) is 0.477. The molecule has 82 valence electrons. The smallest absolute Gasteiger partial charge is 0.157 e. The Kier molecular flexibility index (Phi) is 5.26. The third-order valence-corrected chi connectivity index (χ3v) is 4.60. The first kappa shape index (κ1) is 12.3. The van der Waals surface area contributed by atoms with Crippen LogP contribution < -0.4 is 5.32 Å². The van der Waals surface area contributed by atoms with Crippen molar-refractivity contribution in [2.75, 3.05) is 11.9 Å². The van der Waals surface area contributed by atoms with Gasteiger partial charge in [0.25, 0.3) is 0 Å². The molecule has 0 radical (unpaired) electrons. The Balaban J connectivity index is 2.33. The summed E-state index contributed by atoms with van der Waals surface area (Å²) < 4.78 is 0. The highest BCUT2D eigenvalue weighted by Gasteiger charge is 2.26. The van der Waals surface area contributed by atoms with Crippen LogP contribution in [0.4, 0.5) is 0 Å². The lowest BCUT2D eigenvalue weighted by Gasteiger charge is -2.07. The maximum Gasteiger partial charge on any atom is 0.157 e. The minimum absolute atomic E-state index is 0.254. The van der Waals surface area contributed by atoms with E-state index in [9.17, 15) is 0 Å². The summed E-state index contributed by atoms with van der Waals surface area (Å²) in [4.78, 5) is 4.40. The molecule has 14 heavy (non-hydrogen) atoms. The number of halogens is 1. The molecule has 5 heteroatoms. The van der Waals surface area contributed by atoms with Crippen LogP contribution in [-0.2, 0) is 0 Å². The zero-order valence-corrected chi connectivity index (χ0v) is 10.9. The van der Waals surface area contributed by atoms with Gasteiger partial charge in [0.1, 0.15) is 0 Å². The second-order valence-corrected chi connectivity index (χ2v) is 5.44. The Morgan fingerprint density at radius 1 is 1.71 bits per heavy atom. The molecule has 0 aromatic rings. The first-order chi connectivity index (χ1) is 6.63. The maximum atomic E-state index is 9.07. The number of rotatable bonds is 4. The quantitative estimate of drug-likeness (QED) is 0.769. The lowest BCUT2D eigenvalue weighted by molar-refractivity contribution is 0.187. The highest BCUT2D eigenvalue weighted by molar-refractivity contribution is 9.09. The summed E-state index contributed by atoms with van der Waals surface area (Å²) in [5.41, 5.74) is 0. The van der Waals surface area contributed by atoms with Crippen molar-refractivity contribution in [2.24, 2.45) is 4.99 Å². The minimum atomic E-state index is -0.254. The summed E-state index contributed by atoms with van der Waals surface area (Å²) >= 11 is 5.26. The Hall–Kier alpha value is 0.260. The van der Waals surface area contributed by atoms with Crippen molar-refractivity contribution in [1.29, 1.82) is 0 Å². The molecule has 3 atom stereocenters. The van der Waals surface area contributed by atoms with Gasteiger partial charge in [0, 0.05) is 23.2 Å². The molecule has 3 unspecified atom stereocenters. The van der Waals surface area contributed by atoms with Crippen molar-refractivity contribution >= 4 is 32.9 Å². The number of hydrogen-bond donors (Lipinski definition) is 2. The van der Waals surface area contributed by atoms with E-state index in [4.69, 9.17) is 5.11 Å². The summed E-state index contributed by atoms with van der Waals surface area (Å²) in [5, 5.41) is 15.0. The van der Waals surface area contributed by atoms with Gasteiger partial charge in [-0.05, 0) is 20.3 Å². The van der Waals surface area contributed by atoms with Crippen LogP contribution in [0, 0.1) is 0 Å². The SMILES string of the molecule is CC(O)CCN=C1NC(C)C(CBr)S1. The van der Waals surface area contributed by atoms with Crippen molar-refractivity contribution in [2.45, 2.75) is 37.7 Å². The van der Waals surface area contributed by atoms with Crippen LogP contribution in [0.15, 0.2) is 4.99 Å². The molecular weight excluding hydrogens is 264 g/mol. The predicted molar refractivity (Wildman–Crippen MR) is 66.4 cm³/mol. The number of amidine groups is 1. The van der Waals surface area contributed by atoms with Crippen LogP contribution in [0.1, 0.15) is 20.3 Å². The molecule has 1 aliphatic rings. The molecule has 0 amide bonds. The normalized spacial score (nSPS) is 31.9. The third-order valence-electron chi connectivity index (χ3n) is 2.13. The van der Waals surface area contributed by atoms with Gasteiger partial charge in [-0.25, -0.2) is 0 Å². The second-order valence-electron chi connectivity index (χ2n) is 3.57. The van der Waals surface area contributed by atoms with Crippen LogP contribution in [0.5, 0.6) is 0 Å². The predicted octanol–water partition coefficient (Wildman–Crippen LogP) is 1.60. The van der Waals surface area contributed by atoms with E-state index in [1.807, 2.05) is 0 Å². The molecule has 0 spiro atoms. The van der Waals surface area contributed by atoms with Gasteiger partial charge in [-0.1, -0.05) is 27.7 Å². The highest BCUT2D eigenvalue weighted by atomic mass is 79.9. The van der Waals surface area contributed by atoms with E-state index in [0.717, 1.165) is 16.9 Å². The van der Waals surface area contributed by atoms with E-state index in [-0.39, 0.29) is 6.10 Å². The number of nitrogens with zero attached hydrogens (tertiary/aromatic N) is 1. The zero-order chi connectivity index (χ0) is 10.6. The van der Waals surface area contributed by atoms with Gasteiger partial charge in [-0.2, -0.15) is 0 Å². The average Bonchev–Trinajstić information content (AvgIpc) is 2.45. The number of aliphatic hydroxyl groups excluding tert-OH is 1. The monoisotopic (exact) mass is 280 g/mol. The molecule has 1 rings (SSSR count). The number of alkyl halides is 1. The van der Waals surface area contributed by atoms with E-state index in [2.05, 4.69) is 33.2 Å². The first-order valence-electron chi connectivity index (χ1n) is 4.85. The van der Waals surface area contributed by atoms with E-state index in [1.165, 1.54) is 0 Å². The number of hydrogen-bond acceptors (Lipinski definition) is 3. The third kappa shape index (κ3) is 3.79. The highest BCUT2D eigenvalue weighted by Crippen LogP contribution is 2.24. The Morgan fingerprint density at radius 2 is 2.43 bits per heavy atom. The molecule has 0 aliphatic carbocycles. The van der Waals surface area contributed by atoms with Crippen molar-refractivity contribution in [3.63, 3.8) is 0 Å². The van der Waals surface area contributed by atoms with Crippen LogP contribution in [0.2, 0.25) is 0 Å². The van der Waals surface area contributed by atoms with Gasteiger partial charge >= 0.3 is 0 Å². The van der Waals surface area contributed by atoms with Gasteiger partial charge in [0.2, 0.25) is 0 Å². The van der Waals surface area contributed by atoms with Crippen molar-refractivity contribution in [3.05, 3.63) is 0 Å². The molecule has 2 N–H and O–H groups in total. The molecular formula is C9H17BrN2OS.